The monoisotopic (exact) mass is 263 g/mol. The maximum absolute atomic E-state index is 10.4. The molecule has 0 spiro atoms. The fourth-order valence-electron chi connectivity index (χ4n) is 0.677. The minimum Gasteiger partial charge on any atom is -0.478 e. The molecule has 0 aliphatic rings. The Morgan fingerprint density at radius 1 is 1.55 bits per heavy atom. The molecule has 3 nitrogen and oxygen atoms in total. The first-order chi connectivity index (χ1) is 5.11. The summed E-state index contributed by atoms with van der Waals surface area (Å²) in [5.41, 5.74) is 6.22. The smallest absolute Gasteiger partial charge is 0.335 e. The van der Waals surface area contributed by atoms with Crippen LogP contribution in [0, 0.1) is 3.57 Å². The van der Waals surface area contributed by atoms with E-state index in [4.69, 9.17) is 10.8 Å². The summed E-state index contributed by atoms with van der Waals surface area (Å²) in [7, 11) is 0. The zero-order valence-electron chi connectivity index (χ0n) is 5.54. The Morgan fingerprint density at radius 2 is 2.18 bits per heavy atom. The number of carboxylic acids is 1. The van der Waals surface area contributed by atoms with Crippen LogP contribution < -0.4 is 5.73 Å². The highest BCUT2D eigenvalue weighted by atomic mass is 127. The third-order valence-electron chi connectivity index (χ3n) is 1.24. The standard InChI is InChI=1S/C7H6INO2/c8-5-2-1-4(7(10)11)3-6(5)9/h1-3H,9H2,(H,10,11). The first kappa shape index (κ1) is 8.32. The van der Waals surface area contributed by atoms with Gasteiger partial charge in [-0.15, -0.1) is 0 Å². The zero-order valence-corrected chi connectivity index (χ0v) is 7.70. The van der Waals surface area contributed by atoms with Crippen molar-refractivity contribution in [2.24, 2.45) is 0 Å². The van der Waals surface area contributed by atoms with Gasteiger partial charge in [-0.1, -0.05) is 0 Å². The van der Waals surface area contributed by atoms with Crippen LogP contribution in [0.2, 0.25) is 0 Å². The Morgan fingerprint density at radius 3 is 2.64 bits per heavy atom. The van der Waals surface area contributed by atoms with Crippen molar-refractivity contribution in [1.82, 2.24) is 0 Å². The molecule has 0 aromatic heterocycles. The largest absolute Gasteiger partial charge is 0.478 e. The molecule has 0 fully saturated rings. The molecule has 4 heteroatoms. The Bertz CT molecular complexity index is 298. The Labute approximate surface area is 77.4 Å². The fraction of sp³-hybridized carbons (Fsp3) is 0. The maximum Gasteiger partial charge on any atom is 0.335 e. The molecule has 0 radical (unpaired) electrons. The molecule has 0 heterocycles. The van der Waals surface area contributed by atoms with Crippen LogP contribution in [0.4, 0.5) is 5.69 Å². The van der Waals surface area contributed by atoms with Gasteiger partial charge in [-0.05, 0) is 40.8 Å². The predicted molar refractivity (Wildman–Crippen MR) is 50.5 cm³/mol. The van der Waals surface area contributed by atoms with Crippen LogP contribution in [0.15, 0.2) is 18.2 Å². The number of rotatable bonds is 1. The number of carbonyl (C=O) groups is 1. The average molecular weight is 263 g/mol. The lowest BCUT2D eigenvalue weighted by atomic mass is 10.2. The molecule has 0 saturated heterocycles. The van der Waals surface area contributed by atoms with Crippen molar-refractivity contribution in [1.29, 1.82) is 0 Å². The molecular formula is C7H6INO2. The van der Waals surface area contributed by atoms with Gasteiger partial charge in [-0.25, -0.2) is 4.79 Å². The van der Waals surface area contributed by atoms with Gasteiger partial charge < -0.3 is 10.8 Å². The molecule has 1 rings (SSSR count). The summed E-state index contributed by atoms with van der Waals surface area (Å²) in [6.45, 7) is 0. The number of nitrogens with two attached hydrogens (primary N) is 1. The van der Waals surface area contributed by atoms with E-state index >= 15 is 0 Å². The number of nitrogen functional groups attached to an aromatic ring is 1. The van der Waals surface area contributed by atoms with E-state index < -0.39 is 5.97 Å². The van der Waals surface area contributed by atoms with Crippen molar-refractivity contribution in [3.8, 4) is 0 Å². The van der Waals surface area contributed by atoms with Gasteiger partial charge in [0.25, 0.3) is 0 Å². The van der Waals surface area contributed by atoms with E-state index in [1.807, 2.05) is 22.6 Å². The number of carboxylic acid groups (broad SMARTS) is 1. The molecule has 0 aliphatic heterocycles. The van der Waals surface area contributed by atoms with E-state index in [0.717, 1.165) is 3.57 Å². The first-order valence-electron chi connectivity index (χ1n) is 2.89. The van der Waals surface area contributed by atoms with E-state index in [0.29, 0.717) is 5.69 Å². The highest BCUT2D eigenvalue weighted by molar-refractivity contribution is 14.1. The van der Waals surface area contributed by atoms with Crippen LogP contribution in [0.5, 0.6) is 0 Å². The minimum absolute atomic E-state index is 0.225. The first-order valence-corrected chi connectivity index (χ1v) is 3.97. The molecule has 3 N–H and O–H groups in total. The molecule has 0 aliphatic carbocycles. The number of anilines is 1. The third-order valence-corrected chi connectivity index (χ3v) is 2.23. The van der Waals surface area contributed by atoms with Gasteiger partial charge in [0.15, 0.2) is 0 Å². The number of hydrogen-bond donors (Lipinski definition) is 2. The van der Waals surface area contributed by atoms with Crippen molar-refractivity contribution >= 4 is 34.2 Å². The SMILES string of the molecule is Nc1cc(C(=O)O)ccc1I. The molecule has 0 bridgehead atoms. The van der Waals surface area contributed by atoms with E-state index in [1.54, 1.807) is 6.07 Å². The summed E-state index contributed by atoms with van der Waals surface area (Å²) in [5.74, 6) is -0.951. The summed E-state index contributed by atoms with van der Waals surface area (Å²) in [5, 5.41) is 8.54. The second-order valence-corrected chi connectivity index (χ2v) is 3.20. The van der Waals surface area contributed by atoms with Crippen molar-refractivity contribution in [3.05, 3.63) is 27.3 Å². The topological polar surface area (TPSA) is 63.3 Å². The van der Waals surface area contributed by atoms with Crippen LogP contribution in [0.25, 0.3) is 0 Å². The second kappa shape index (κ2) is 3.08. The highest BCUT2D eigenvalue weighted by Gasteiger charge is 2.03. The molecule has 1 aromatic rings. The normalized spacial score (nSPS) is 9.55. The average Bonchev–Trinajstić information content (AvgIpc) is 1.94. The Hall–Kier alpha value is -0.780. The molecule has 0 amide bonds. The third kappa shape index (κ3) is 1.83. The van der Waals surface area contributed by atoms with Crippen LogP contribution in [-0.4, -0.2) is 11.1 Å². The van der Waals surface area contributed by atoms with E-state index in [1.165, 1.54) is 12.1 Å². The molecule has 58 valence electrons. The molecule has 0 unspecified atom stereocenters. The Kier molecular flexibility index (Phi) is 2.33. The van der Waals surface area contributed by atoms with Crippen LogP contribution in [0.3, 0.4) is 0 Å². The lowest BCUT2D eigenvalue weighted by Gasteiger charge is -1.98. The van der Waals surface area contributed by atoms with Crippen LogP contribution in [0.1, 0.15) is 10.4 Å². The minimum atomic E-state index is -0.951. The van der Waals surface area contributed by atoms with Gasteiger partial charge in [-0.3, -0.25) is 0 Å². The van der Waals surface area contributed by atoms with Gasteiger partial charge in [0.1, 0.15) is 0 Å². The van der Waals surface area contributed by atoms with Gasteiger partial charge >= 0.3 is 5.97 Å². The molecule has 1 aromatic carbocycles. The molecule has 11 heavy (non-hydrogen) atoms. The summed E-state index contributed by atoms with van der Waals surface area (Å²) < 4.78 is 0.868. The van der Waals surface area contributed by atoms with E-state index in [-0.39, 0.29) is 5.56 Å². The summed E-state index contributed by atoms with van der Waals surface area (Å²) in [6, 6.07) is 4.66. The summed E-state index contributed by atoms with van der Waals surface area (Å²) in [4.78, 5) is 10.4. The lowest BCUT2D eigenvalue weighted by Crippen LogP contribution is -1.98. The highest BCUT2D eigenvalue weighted by Crippen LogP contribution is 2.15. The van der Waals surface area contributed by atoms with Gasteiger partial charge in [0, 0.05) is 9.26 Å². The maximum atomic E-state index is 10.4. The predicted octanol–water partition coefficient (Wildman–Crippen LogP) is 1.57. The summed E-state index contributed by atoms with van der Waals surface area (Å²) in [6.07, 6.45) is 0. The number of halogens is 1. The molecule has 0 atom stereocenters. The number of aromatic carboxylic acids is 1. The second-order valence-electron chi connectivity index (χ2n) is 2.04. The van der Waals surface area contributed by atoms with Crippen molar-refractivity contribution < 1.29 is 9.90 Å². The van der Waals surface area contributed by atoms with Crippen molar-refractivity contribution in [2.45, 2.75) is 0 Å². The van der Waals surface area contributed by atoms with Crippen LogP contribution >= 0.6 is 22.6 Å². The van der Waals surface area contributed by atoms with E-state index in [9.17, 15) is 4.79 Å². The van der Waals surface area contributed by atoms with Crippen LogP contribution in [-0.2, 0) is 0 Å². The zero-order chi connectivity index (χ0) is 8.43. The summed E-state index contributed by atoms with van der Waals surface area (Å²) >= 11 is 2.05. The van der Waals surface area contributed by atoms with Gasteiger partial charge in [0.05, 0.1) is 5.56 Å². The van der Waals surface area contributed by atoms with Gasteiger partial charge in [0.2, 0.25) is 0 Å². The number of hydrogen-bond acceptors (Lipinski definition) is 2. The van der Waals surface area contributed by atoms with Crippen molar-refractivity contribution in [3.63, 3.8) is 0 Å². The van der Waals surface area contributed by atoms with Crippen molar-refractivity contribution in [2.75, 3.05) is 5.73 Å². The molecule has 0 saturated carbocycles. The Balaban J connectivity index is 3.15. The van der Waals surface area contributed by atoms with Gasteiger partial charge in [-0.2, -0.15) is 0 Å². The van der Waals surface area contributed by atoms with E-state index in [2.05, 4.69) is 0 Å². The number of benzene rings is 1. The quantitative estimate of drug-likeness (QED) is 0.597. The fourth-order valence-corrected chi connectivity index (χ4v) is 1.01. The lowest BCUT2D eigenvalue weighted by molar-refractivity contribution is 0.0697. The molecular weight excluding hydrogens is 257 g/mol.